The second kappa shape index (κ2) is 6.32. The Morgan fingerprint density at radius 2 is 2.00 bits per heavy atom. The molecule has 2 aliphatic rings. The molecule has 0 saturated carbocycles. The fourth-order valence-electron chi connectivity index (χ4n) is 3.86. The Morgan fingerprint density at radius 3 is 2.77 bits per heavy atom. The first-order chi connectivity index (χ1) is 12.5. The van der Waals surface area contributed by atoms with Crippen molar-refractivity contribution in [2.45, 2.75) is 13.5 Å². The highest BCUT2D eigenvalue weighted by atomic mass is 32.1. The summed E-state index contributed by atoms with van der Waals surface area (Å²) in [5.41, 5.74) is 0.911. The Hall–Kier alpha value is -2.54. The van der Waals surface area contributed by atoms with E-state index < -0.39 is 17.8 Å². The summed E-state index contributed by atoms with van der Waals surface area (Å²) < 4.78 is 1.07. The molecule has 3 amide bonds. The van der Waals surface area contributed by atoms with Crippen LogP contribution in [0.4, 0.5) is 0 Å². The van der Waals surface area contributed by atoms with Crippen molar-refractivity contribution >= 4 is 39.3 Å². The number of hydrogen-bond acceptors (Lipinski definition) is 5. The van der Waals surface area contributed by atoms with Crippen molar-refractivity contribution in [2.24, 2.45) is 23.7 Å². The van der Waals surface area contributed by atoms with Gasteiger partial charge in [-0.05, 0) is 18.1 Å². The van der Waals surface area contributed by atoms with Crippen molar-refractivity contribution in [3.63, 3.8) is 0 Å². The Kier molecular flexibility index (Phi) is 4.11. The zero-order chi connectivity index (χ0) is 18.4. The molecule has 2 heterocycles. The summed E-state index contributed by atoms with van der Waals surface area (Å²) in [5.74, 6) is -2.48. The normalized spacial score (nSPS) is 27.8. The summed E-state index contributed by atoms with van der Waals surface area (Å²) in [6.45, 7) is 2.23. The molecule has 1 N–H and O–H groups in total. The number of aromatic nitrogens is 1. The second-order valence-corrected chi connectivity index (χ2v) is 7.97. The van der Waals surface area contributed by atoms with Crippen molar-refractivity contribution in [3.8, 4) is 0 Å². The minimum atomic E-state index is -0.608. The van der Waals surface area contributed by atoms with E-state index in [1.807, 2.05) is 37.3 Å². The summed E-state index contributed by atoms with van der Waals surface area (Å²) in [6.07, 6.45) is 3.64. The van der Waals surface area contributed by atoms with Gasteiger partial charge in [-0.1, -0.05) is 31.2 Å². The molecule has 7 heteroatoms. The number of nitrogens with one attached hydrogen (secondary N) is 1. The van der Waals surface area contributed by atoms with Gasteiger partial charge in [0.25, 0.3) is 0 Å². The summed E-state index contributed by atoms with van der Waals surface area (Å²) in [4.78, 5) is 43.2. The Balaban J connectivity index is 1.52. The number of hydrogen-bond donors (Lipinski definition) is 1. The first kappa shape index (κ1) is 16.9. The van der Waals surface area contributed by atoms with Crippen molar-refractivity contribution < 1.29 is 14.4 Å². The summed E-state index contributed by atoms with van der Waals surface area (Å²) in [5, 5.41) is 3.74. The minimum Gasteiger partial charge on any atom is -0.349 e. The maximum atomic E-state index is 12.8. The number of allylic oxidation sites excluding steroid dienone is 1. The average Bonchev–Trinajstić information content (AvgIpc) is 3.15. The van der Waals surface area contributed by atoms with Crippen LogP contribution in [0, 0.1) is 23.7 Å². The van der Waals surface area contributed by atoms with Gasteiger partial charge < -0.3 is 5.32 Å². The highest BCUT2D eigenvalue weighted by Gasteiger charge is 2.53. The number of amides is 3. The molecule has 0 unspecified atom stereocenters. The van der Waals surface area contributed by atoms with E-state index in [4.69, 9.17) is 0 Å². The fraction of sp³-hybridized carbons (Fsp3) is 0.368. The molecule has 1 fully saturated rings. The van der Waals surface area contributed by atoms with E-state index in [1.165, 1.54) is 18.4 Å². The van der Waals surface area contributed by atoms with Gasteiger partial charge >= 0.3 is 0 Å². The largest absolute Gasteiger partial charge is 0.349 e. The monoisotopic (exact) mass is 369 g/mol. The number of carbonyl (C=O) groups is 3. The number of benzene rings is 1. The summed E-state index contributed by atoms with van der Waals surface area (Å²) in [6, 6.07) is 7.82. The van der Waals surface area contributed by atoms with Gasteiger partial charge in [0.15, 0.2) is 0 Å². The molecule has 0 bridgehead atoms. The molecular formula is C19H19N3O3S. The van der Waals surface area contributed by atoms with Crippen LogP contribution < -0.4 is 5.32 Å². The first-order valence-electron chi connectivity index (χ1n) is 8.59. The summed E-state index contributed by atoms with van der Waals surface area (Å²) in [7, 11) is 1.48. The van der Waals surface area contributed by atoms with E-state index >= 15 is 0 Å². The molecule has 4 atom stereocenters. The number of fused-ring (bicyclic) bond motifs is 2. The smallest absolute Gasteiger partial charge is 0.236 e. The van der Waals surface area contributed by atoms with E-state index in [-0.39, 0.29) is 23.6 Å². The number of rotatable bonds is 3. The lowest BCUT2D eigenvalue weighted by molar-refractivity contribution is -0.141. The highest BCUT2D eigenvalue weighted by Crippen LogP contribution is 2.40. The number of likely N-dealkylation sites (tertiary alicyclic amines) is 1. The quantitative estimate of drug-likeness (QED) is 0.663. The van der Waals surface area contributed by atoms with Crippen molar-refractivity contribution in [1.82, 2.24) is 15.2 Å². The van der Waals surface area contributed by atoms with Gasteiger partial charge in [0.05, 0.1) is 34.5 Å². The lowest BCUT2D eigenvalue weighted by Crippen LogP contribution is -2.43. The Bertz CT molecular complexity index is 902. The average molecular weight is 369 g/mol. The van der Waals surface area contributed by atoms with E-state index in [9.17, 15) is 14.4 Å². The van der Waals surface area contributed by atoms with Crippen LogP contribution in [0.2, 0.25) is 0 Å². The number of carbonyl (C=O) groups excluding carboxylic acids is 3. The molecule has 134 valence electrons. The molecule has 1 saturated heterocycles. The van der Waals surface area contributed by atoms with Gasteiger partial charge in [0, 0.05) is 7.05 Å². The predicted octanol–water partition coefficient (Wildman–Crippen LogP) is 1.97. The number of nitrogens with zero attached hydrogens (tertiary/aromatic N) is 2. The van der Waals surface area contributed by atoms with Crippen LogP contribution in [0.5, 0.6) is 0 Å². The van der Waals surface area contributed by atoms with Crippen LogP contribution in [0.15, 0.2) is 36.4 Å². The van der Waals surface area contributed by atoms with Crippen molar-refractivity contribution in [3.05, 3.63) is 41.4 Å². The van der Waals surface area contributed by atoms with Gasteiger partial charge in [-0.3, -0.25) is 19.3 Å². The predicted molar refractivity (Wildman–Crippen MR) is 98.0 cm³/mol. The minimum absolute atomic E-state index is 0.102. The Labute approximate surface area is 154 Å². The first-order valence-corrected chi connectivity index (χ1v) is 9.41. The lowest BCUT2D eigenvalue weighted by atomic mass is 9.71. The van der Waals surface area contributed by atoms with E-state index in [0.717, 1.165) is 20.1 Å². The highest BCUT2D eigenvalue weighted by molar-refractivity contribution is 7.18. The van der Waals surface area contributed by atoms with Crippen molar-refractivity contribution in [1.29, 1.82) is 0 Å². The molecule has 6 nitrogen and oxygen atoms in total. The molecule has 26 heavy (non-hydrogen) atoms. The van der Waals surface area contributed by atoms with Crippen LogP contribution in [-0.4, -0.2) is 34.7 Å². The van der Waals surface area contributed by atoms with Gasteiger partial charge in [0.2, 0.25) is 17.7 Å². The number of thiazole rings is 1. The standard InChI is InChI=1S/C19H19N3O3S/c1-10-7-8-11-16(19(25)22(2)18(11)24)15(10)17(23)20-9-14-21-12-5-3-4-6-13(12)26-14/h3-8,10-11,15-16H,9H2,1-2H3,(H,20,23)/t10-,11+,15+,16+/m1/s1. The molecular weight excluding hydrogens is 350 g/mol. The Morgan fingerprint density at radius 1 is 1.23 bits per heavy atom. The molecule has 4 rings (SSSR count). The van der Waals surface area contributed by atoms with Crippen LogP contribution in [0.1, 0.15) is 11.9 Å². The number of imide groups is 1. The second-order valence-electron chi connectivity index (χ2n) is 6.85. The molecule has 2 aromatic rings. The van der Waals surface area contributed by atoms with Crippen LogP contribution >= 0.6 is 11.3 Å². The summed E-state index contributed by atoms with van der Waals surface area (Å²) >= 11 is 1.54. The molecule has 1 aliphatic heterocycles. The van der Waals surface area contributed by atoms with Gasteiger partial charge in [-0.25, -0.2) is 4.98 Å². The van der Waals surface area contributed by atoms with Gasteiger partial charge in [-0.15, -0.1) is 11.3 Å². The topological polar surface area (TPSA) is 79.4 Å². The molecule has 0 radical (unpaired) electrons. The molecule has 1 aliphatic carbocycles. The maximum Gasteiger partial charge on any atom is 0.236 e. The number of para-hydroxylation sites is 1. The van der Waals surface area contributed by atoms with Gasteiger partial charge in [0.1, 0.15) is 5.01 Å². The molecule has 1 aromatic heterocycles. The molecule has 0 spiro atoms. The van der Waals surface area contributed by atoms with Crippen LogP contribution in [-0.2, 0) is 20.9 Å². The third-order valence-electron chi connectivity index (χ3n) is 5.25. The van der Waals surface area contributed by atoms with Crippen molar-refractivity contribution in [2.75, 3.05) is 7.05 Å². The van der Waals surface area contributed by atoms with Gasteiger partial charge in [-0.2, -0.15) is 0 Å². The van der Waals surface area contributed by atoms with E-state index in [1.54, 1.807) is 6.08 Å². The van der Waals surface area contributed by atoms with Crippen LogP contribution in [0.25, 0.3) is 10.2 Å². The van der Waals surface area contributed by atoms with E-state index in [0.29, 0.717) is 6.54 Å². The zero-order valence-corrected chi connectivity index (χ0v) is 15.3. The zero-order valence-electron chi connectivity index (χ0n) is 14.5. The maximum absolute atomic E-state index is 12.8. The fourth-order valence-corrected chi connectivity index (χ4v) is 4.77. The lowest BCUT2D eigenvalue weighted by Gasteiger charge is -2.30. The third-order valence-corrected chi connectivity index (χ3v) is 6.28. The SMILES string of the molecule is C[C@@H]1C=C[C@@H]2C(=O)N(C)C(=O)[C@@H]2[C@H]1C(=O)NCc1nc2ccccc2s1. The van der Waals surface area contributed by atoms with E-state index in [2.05, 4.69) is 10.3 Å². The van der Waals surface area contributed by atoms with Crippen LogP contribution in [0.3, 0.4) is 0 Å². The third kappa shape index (κ3) is 2.63. The molecule has 1 aromatic carbocycles.